The zero-order valence-electron chi connectivity index (χ0n) is 10.9. The highest BCUT2D eigenvalue weighted by molar-refractivity contribution is 7.07. The average Bonchev–Trinajstić information content (AvgIpc) is 3.11. The molecule has 0 bridgehead atoms. The zero-order chi connectivity index (χ0) is 13.5. The Bertz CT molecular complexity index is 498. The molecule has 6 heteroatoms. The zero-order valence-corrected chi connectivity index (χ0v) is 11.7. The molecule has 1 aliphatic heterocycles. The SMILES string of the molecule is CC1(C2CC2)NC(=O)CN(CCc2cscn2)C1=O. The van der Waals surface area contributed by atoms with E-state index in [0.717, 1.165) is 18.5 Å². The first kappa shape index (κ1) is 12.6. The molecule has 1 saturated carbocycles. The van der Waals surface area contributed by atoms with Crippen LogP contribution in [0.25, 0.3) is 0 Å². The fraction of sp³-hybridized carbons (Fsp3) is 0.615. The second-order valence-electron chi connectivity index (χ2n) is 5.48. The molecule has 19 heavy (non-hydrogen) atoms. The molecule has 1 aromatic heterocycles. The van der Waals surface area contributed by atoms with Crippen molar-refractivity contribution in [2.45, 2.75) is 31.7 Å². The molecule has 1 saturated heterocycles. The van der Waals surface area contributed by atoms with Crippen LogP contribution in [0.15, 0.2) is 10.9 Å². The number of carbonyl (C=O) groups is 2. The summed E-state index contributed by atoms with van der Waals surface area (Å²) in [4.78, 5) is 30.2. The van der Waals surface area contributed by atoms with Crippen molar-refractivity contribution >= 4 is 23.2 Å². The number of nitrogens with zero attached hydrogens (tertiary/aromatic N) is 2. The Balaban J connectivity index is 1.69. The van der Waals surface area contributed by atoms with Gasteiger partial charge in [0.05, 0.1) is 17.7 Å². The van der Waals surface area contributed by atoms with Crippen molar-refractivity contribution < 1.29 is 9.59 Å². The van der Waals surface area contributed by atoms with Crippen LogP contribution in [0.1, 0.15) is 25.5 Å². The van der Waals surface area contributed by atoms with Gasteiger partial charge in [-0.25, -0.2) is 4.98 Å². The number of thiazole rings is 1. The second kappa shape index (κ2) is 4.59. The molecule has 1 N–H and O–H groups in total. The number of carbonyl (C=O) groups excluding carboxylic acids is 2. The number of nitrogens with one attached hydrogen (secondary N) is 1. The molecular formula is C13H17N3O2S. The first-order valence-electron chi connectivity index (χ1n) is 6.57. The molecule has 0 spiro atoms. The van der Waals surface area contributed by atoms with Gasteiger partial charge in [0, 0.05) is 18.3 Å². The number of hydrogen-bond acceptors (Lipinski definition) is 4. The summed E-state index contributed by atoms with van der Waals surface area (Å²) >= 11 is 1.55. The average molecular weight is 279 g/mol. The van der Waals surface area contributed by atoms with E-state index in [1.807, 2.05) is 12.3 Å². The maximum atomic E-state index is 12.5. The van der Waals surface area contributed by atoms with E-state index in [1.165, 1.54) is 0 Å². The van der Waals surface area contributed by atoms with E-state index < -0.39 is 5.54 Å². The van der Waals surface area contributed by atoms with E-state index in [0.29, 0.717) is 18.9 Å². The van der Waals surface area contributed by atoms with Crippen LogP contribution in [0.5, 0.6) is 0 Å². The molecule has 1 atom stereocenters. The van der Waals surface area contributed by atoms with Crippen molar-refractivity contribution in [3.63, 3.8) is 0 Å². The summed E-state index contributed by atoms with van der Waals surface area (Å²) in [5.74, 6) is 0.322. The molecule has 1 aliphatic carbocycles. The number of rotatable bonds is 4. The van der Waals surface area contributed by atoms with E-state index in [-0.39, 0.29) is 18.4 Å². The molecule has 2 amide bonds. The third kappa shape index (κ3) is 2.36. The molecule has 0 radical (unpaired) electrons. The van der Waals surface area contributed by atoms with Crippen molar-refractivity contribution in [2.24, 2.45) is 5.92 Å². The summed E-state index contributed by atoms with van der Waals surface area (Å²) in [5, 5.41) is 4.86. The van der Waals surface area contributed by atoms with Crippen LogP contribution in [0.4, 0.5) is 0 Å². The third-order valence-corrected chi connectivity index (χ3v) is 4.62. The van der Waals surface area contributed by atoms with E-state index in [9.17, 15) is 9.59 Å². The Hall–Kier alpha value is -1.43. The Morgan fingerprint density at radius 2 is 2.32 bits per heavy atom. The van der Waals surface area contributed by atoms with Gasteiger partial charge in [-0.3, -0.25) is 9.59 Å². The van der Waals surface area contributed by atoms with Gasteiger partial charge < -0.3 is 10.2 Å². The summed E-state index contributed by atoms with van der Waals surface area (Å²) < 4.78 is 0. The van der Waals surface area contributed by atoms with E-state index >= 15 is 0 Å². The second-order valence-corrected chi connectivity index (χ2v) is 6.20. The fourth-order valence-corrected chi connectivity index (χ4v) is 3.28. The third-order valence-electron chi connectivity index (χ3n) is 3.98. The first-order chi connectivity index (χ1) is 9.09. The van der Waals surface area contributed by atoms with Crippen LogP contribution in [-0.2, 0) is 16.0 Å². The molecule has 2 aliphatic rings. The maximum absolute atomic E-state index is 12.5. The number of aromatic nitrogens is 1. The lowest BCUT2D eigenvalue weighted by Crippen LogP contribution is -2.66. The fourth-order valence-electron chi connectivity index (χ4n) is 2.68. The van der Waals surface area contributed by atoms with Gasteiger partial charge >= 0.3 is 0 Å². The summed E-state index contributed by atoms with van der Waals surface area (Å²) in [6.07, 6.45) is 2.77. The smallest absolute Gasteiger partial charge is 0.248 e. The molecule has 2 heterocycles. The summed E-state index contributed by atoms with van der Waals surface area (Å²) in [5.41, 5.74) is 2.09. The molecule has 2 fully saturated rings. The normalized spacial score (nSPS) is 27.5. The quantitative estimate of drug-likeness (QED) is 0.887. The molecule has 3 rings (SSSR count). The predicted molar refractivity (Wildman–Crippen MR) is 71.7 cm³/mol. The Morgan fingerprint density at radius 1 is 1.53 bits per heavy atom. The van der Waals surface area contributed by atoms with Crippen molar-refractivity contribution in [3.05, 3.63) is 16.6 Å². The van der Waals surface area contributed by atoms with E-state index in [2.05, 4.69) is 10.3 Å². The van der Waals surface area contributed by atoms with Gasteiger partial charge in [-0.1, -0.05) is 0 Å². The highest BCUT2D eigenvalue weighted by atomic mass is 32.1. The molecular weight excluding hydrogens is 262 g/mol. The van der Waals surface area contributed by atoms with Crippen LogP contribution in [0.3, 0.4) is 0 Å². The lowest BCUT2D eigenvalue weighted by atomic mass is 9.91. The Labute approximate surface area is 116 Å². The van der Waals surface area contributed by atoms with Gasteiger partial charge in [-0.05, 0) is 25.7 Å². The van der Waals surface area contributed by atoms with Gasteiger partial charge in [-0.15, -0.1) is 11.3 Å². The van der Waals surface area contributed by atoms with Crippen molar-refractivity contribution in [1.29, 1.82) is 0 Å². The first-order valence-corrected chi connectivity index (χ1v) is 7.51. The minimum absolute atomic E-state index is 0.0488. The van der Waals surface area contributed by atoms with Crippen LogP contribution < -0.4 is 5.32 Å². The van der Waals surface area contributed by atoms with Gasteiger partial charge in [0.2, 0.25) is 11.8 Å². The lowest BCUT2D eigenvalue weighted by Gasteiger charge is -2.40. The van der Waals surface area contributed by atoms with Crippen LogP contribution >= 0.6 is 11.3 Å². The molecule has 102 valence electrons. The van der Waals surface area contributed by atoms with Crippen molar-refractivity contribution in [3.8, 4) is 0 Å². The molecule has 0 aromatic carbocycles. The minimum atomic E-state index is -0.683. The molecule has 5 nitrogen and oxygen atoms in total. The van der Waals surface area contributed by atoms with Gasteiger partial charge in [0.1, 0.15) is 5.54 Å². The van der Waals surface area contributed by atoms with Crippen LogP contribution in [-0.4, -0.2) is 40.3 Å². The Kier molecular flexibility index (Phi) is 3.05. The predicted octanol–water partition coefficient (Wildman–Crippen LogP) is 0.813. The van der Waals surface area contributed by atoms with Crippen molar-refractivity contribution in [1.82, 2.24) is 15.2 Å². The van der Waals surface area contributed by atoms with Crippen LogP contribution in [0, 0.1) is 5.92 Å². The standard InChI is InChI=1S/C13H17N3O2S/c1-13(9-2-3-9)12(18)16(6-11(17)15-13)5-4-10-7-19-8-14-10/h7-9H,2-6H2,1H3,(H,15,17). The Morgan fingerprint density at radius 3 is 2.95 bits per heavy atom. The van der Waals surface area contributed by atoms with Crippen molar-refractivity contribution in [2.75, 3.05) is 13.1 Å². The molecule has 1 aromatic rings. The molecule has 1 unspecified atom stereocenters. The maximum Gasteiger partial charge on any atom is 0.248 e. The van der Waals surface area contributed by atoms with E-state index in [1.54, 1.807) is 21.7 Å². The minimum Gasteiger partial charge on any atom is -0.340 e. The monoisotopic (exact) mass is 279 g/mol. The highest BCUT2D eigenvalue weighted by Gasteiger charge is 2.52. The van der Waals surface area contributed by atoms with Gasteiger partial charge in [0.25, 0.3) is 0 Å². The highest BCUT2D eigenvalue weighted by Crippen LogP contribution is 2.41. The van der Waals surface area contributed by atoms with Gasteiger partial charge in [0.15, 0.2) is 0 Å². The number of amides is 2. The largest absolute Gasteiger partial charge is 0.340 e. The summed E-state index contributed by atoms with van der Waals surface area (Å²) in [6, 6.07) is 0. The number of piperazine rings is 1. The summed E-state index contributed by atoms with van der Waals surface area (Å²) in [7, 11) is 0. The lowest BCUT2D eigenvalue weighted by molar-refractivity contribution is -0.150. The summed E-state index contributed by atoms with van der Waals surface area (Å²) in [6.45, 7) is 2.60. The topological polar surface area (TPSA) is 62.3 Å². The van der Waals surface area contributed by atoms with Crippen LogP contribution in [0.2, 0.25) is 0 Å². The van der Waals surface area contributed by atoms with E-state index in [4.69, 9.17) is 0 Å². The number of hydrogen-bond donors (Lipinski definition) is 1. The van der Waals surface area contributed by atoms with Gasteiger partial charge in [-0.2, -0.15) is 0 Å².